The minimum absolute atomic E-state index is 0.103. The van der Waals surface area contributed by atoms with Gasteiger partial charge >= 0.3 is 0 Å². The Morgan fingerprint density at radius 2 is 1.87 bits per heavy atom. The van der Waals surface area contributed by atoms with Gasteiger partial charge in [-0.3, -0.25) is 5.41 Å². The molecule has 4 rings (SSSR count). The van der Waals surface area contributed by atoms with E-state index in [4.69, 9.17) is 11.1 Å². The van der Waals surface area contributed by atoms with Gasteiger partial charge in [-0.05, 0) is 99.4 Å². The largest absolute Gasteiger partial charge is 0.393 e. The zero-order valence-electron chi connectivity index (χ0n) is 18.8. The Balaban J connectivity index is 1.56. The molecule has 4 aliphatic rings. The molecule has 30 heavy (non-hydrogen) atoms. The monoisotopic (exact) mass is 416 g/mol. The first-order chi connectivity index (χ1) is 14.1. The smallest absolute Gasteiger partial charge is 0.206 e. The summed E-state index contributed by atoms with van der Waals surface area (Å²) in [6, 6.07) is 0. The predicted octanol–water partition coefficient (Wildman–Crippen LogP) is 3.54. The van der Waals surface area contributed by atoms with E-state index in [1.165, 1.54) is 6.42 Å². The Hall–Kier alpha value is -1.40. The number of allylic oxidation sites excluding steroid dienone is 2. The summed E-state index contributed by atoms with van der Waals surface area (Å²) in [6.45, 7) is 6.80. The van der Waals surface area contributed by atoms with E-state index in [0.29, 0.717) is 23.7 Å². The van der Waals surface area contributed by atoms with Crippen LogP contribution in [-0.4, -0.2) is 34.1 Å². The summed E-state index contributed by atoms with van der Waals surface area (Å²) in [4.78, 5) is 0. The Morgan fingerprint density at radius 1 is 1.10 bits per heavy atom. The maximum Gasteiger partial charge on any atom is 0.206 e. The van der Waals surface area contributed by atoms with Gasteiger partial charge in [-0.2, -0.15) is 5.10 Å². The van der Waals surface area contributed by atoms with Gasteiger partial charge in [0.1, 0.15) is 0 Å². The molecule has 0 radical (unpaired) electrons. The van der Waals surface area contributed by atoms with Crippen LogP contribution in [0.1, 0.15) is 78.6 Å². The fourth-order valence-electron chi connectivity index (χ4n) is 8.08. The second-order valence-electron chi connectivity index (χ2n) is 11.1. The molecule has 6 N–H and O–H groups in total. The van der Waals surface area contributed by atoms with E-state index in [-0.39, 0.29) is 22.9 Å². The maximum absolute atomic E-state index is 12.2. The van der Waals surface area contributed by atoms with Crippen LogP contribution in [0, 0.1) is 39.9 Å². The Bertz CT molecular complexity index is 751. The second kappa shape index (κ2) is 7.63. The van der Waals surface area contributed by atoms with Gasteiger partial charge in [0.05, 0.1) is 11.7 Å². The molecule has 6 nitrogen and oxygen atoms in total. The number of nitrogens with two attached hydrogens (primary N) is 1. The lowest BCUT2D eigenvalue weighted by Crippen LogP contribution is -2.62. The van der Waals surface area contributed by atoms with Crippen molar-refractivity contribution in [3.8, 4) is 0 Å². The normalized spacial score (nSPS) is 48.7. The van der Waals surface area contributed by atoms with Gasteiger partial charge in [0.15, 0.2) is 0 Å². The van der Waals surface area contributed by atoms with E-state index < -0.39 is 5.60 Å². The Labute approximate surface area is 180 Å². The molecule has 0 spiro atoms. The van der Waals surface area contributed by atoms with Gasteiger partial charge in [0.2, 0.25) is 5.96 Å². The van der Waals surface area contributed by atoms with Crippen molar-refractivity contribution in [2.45, 2.75) is 90.3 Å². The van der Waals surface area contributed by atoms with Crippen LogP contribution in [0.3, 0.4) is 0 Å². The molecule has 0 saturated heterocycles. The molecule has 8 atom stereocenters. The molecule has 0 aromatic rings. The minimum atomic E-state index is -0.601. The standard InChI is InChI=1S/C24H40N4O2/c1-15(14-27-28-21(25)26)12-17-6-11-24(30)20-5-4-16-13-18(29)7-9-22(16,2)19(20)8-10-23(17,24)3/h12,14,16-20,29-30H,4-11,13H2,1-3H3,(H4,25,26,28)/b15-12+,27-14+/t16-,17-,18-,19+,20-,22+,23-,24+/m1/s1. The third-order valence-corrected chi connectivity index (χ3v) is 9.81. The van der Waals surface area contributed by atoms with Crippen LogP contribution in [0.5, 0.6) is 0 Å². The van der Waals surface area contributed by atoms with Crippen molar-refractivity contribution < 1.29 is 10.2 Å². The van der Waals surface area contributed by atoms with E-state index in [1.807, 2.05) is 6.92 Å². The zero-order chi connectivity index (χ0) is 21.7. The fourth-order valence-corrected chi connectivity index (χ4v) is 8.08. The third kappa shape index (κ3) is 3.31. The van der Waals surface area contributed by atoms with Crippen LogP contribution in [-0.2, 0) is 0 Å². The number of nitrogens with zero attached hydrogens (tertiary/aromatic N) is 1. The van der Waals surface area contributed by atoms with Crippen LogP contribution in [0.4, 0.5) is 0 Å². The number of fused-ring (bicyclic) bond motifs is 5. The quantitative estimate of drug-likeness (QED) is 0.275. The SMILES string of the molecule is CC(/C=N/NC(=N)N)=C\[C@H]1CC[C@]2(O)[C@@H]3CC[C@@H]4C[C@H](O)CC[C@]4(C)[C@H]3CC[C@]12C. The van der Waals surface area contributed by atoms with Crippen molar-refractivity contribution >= 4 is 12.2 Å². The number of guanidine groups is 1. The predicted molar refractivity (Wildman–Crippen MR) is 120 cm³/mol. The number of rotatable bonds is 3. The van der Waals surface area contributed by atoms with E-state index in [2.05, 4.69) is 30.5 Å². The number of nitrogens with one attached hydrogen (secondary N) is 2. The highest BCUT2D eigenvalue weighted by Crippen LogP contribution is 2.69. The molecule has 0 heterocycles. The summed E-state index contributed by atoms with van der Waals surface area (Å²) in [5, 5.41) is 33.6. The van der Waals surface area contributed by atoms with Gasteiger partial charge in [-0.25, -0.2) is 5.43 Å². The van der Waals surface area contributed by atoms with Crippen LogP contribution in [0.2, 0.25) is 0 Å². The molecule has 4 fully saturated rings. The highest BCUT2D eigenvalue weighted by atomic mass is 16.3. The molecule has 0 amide bonds. The molecule has 168 valence electrons. The van der Waals surface area contributed by atoms with E-state index in [0.717, 1.165) is 56.9 Å². The van der Waals surface area contributed by atoms with Gasteiger partial charge in [0, 0.05) is 11.6 Å². The topological polar surface area (TPSA) is 115 Å². The highest BCUT2D eigenvalue weighted by molar-refractivity contribution is 5.80. The van der Waals surface area contributed by atoms with E-state index in [1.54, 1.807) is 6.21 Å². The molecule has 0 aromatic carbocycles. The first-order valence-electron chi connectivity index (χ1n) is 11.8. The summed E-state index contributed by atoms with van der Waals surface area (Å²) in [5.74, 6) is 1.73. The first kappa shape index (κ1) is 21.8. The number of aliphatic hydroxyl groups excluding tert-OH is 1. The van der Waals surface area contributed by atoms with Crippen molar-refractivity contribution in [1.82, 2.24) is 5.43 Å². The molecule has 4 aliphatic carbocycles. The number of hydrogen-bond donors (Lipinski definition) is 5. The average molecular weight is 417 g/mol. The number of hydrazone groups is 1. The molecule has 0 aromatic heterocycles. The van der Waals surface area contributed by atoms with Gasteiger partial charge in [-0.1, -0.05) is 19.9 Å². The molecule has 0 aliphatic heterocycles. The summed E-state index contributed by atoms with van der Waals surface area (Å²) in [7, 11) is 0. The Morgan fingerprint density at radius 3 is 2.60 bits per heavy atom. The lowest BCUT2D eigenvalue weighted by molar-refractivity contribution is -0.207. The average Bonchev–Trinajstić information content (AvgIpc) is 2.93. The van der Waals surface area contributed by atoms with Crippen molar-refractivity contribution in [3.63, 3.8) is 0 Å². The lowest BCUT2D eigenvalue weighted by atomic mass is 9.43. The summed E-state index contributed by atoms with van der Waals surface area (Å²) < 4.78 is 0. The van der Waals surface area contributed by atoms with Gasteiger partial charge in [-0.15, -0.1) is 0 Å². The molecule has 4 saturated carbocycles. The van der Waals surface area contributed by atoms with Crippen LogP contribution in [0.15, 0.2) is 16.8 Å². The third-order valence-electron chi connectivity index (χ3n) is 9.81. The zero-order valence-corrected chi connectivity index (χ0v) is 18.8. The second-order valence-corrected chi connectivity index (χ2v) is 11.1. The molecule has 0 unspecified atom stereocenters. The van der Waals surface area contributed by atoms with E-state index in [9.17, 15) is 10.2 Å². The van der Waals surface area contributed by atoms with Crippen molar-refractivity contribution in [1.29, 1.82) is 5.41 Å². The Kier molecular flexibility index (Phi) is 5.55. The fraction of sp³-hybridized carbons (Fsp3) is 0.833. The highest BCUT2D eigenvalue weighted by Gasteiger charge is 2.66. The molecular formula is C24H40N4O2. The molecule has 6 heteroatoms. The summed E-state index contributed by atoms with van der Waals surface area (Å²) in [6.07, 6.45) is 13.2. The van der Waals surface area contributed by atoms with Crippen molar-refractivity contribution in [2.75, 3.05) is 0 Å². The van der Waals surface area contributed by atoms with Crippen LogP contribution >= 0.6 is 0 Å². The number of aliphatic hydroxyl groups is 2. The maximum atomic E-state index is 12.2. The lowest BCUT2D eigenvalue weighted by Gasteiger charge is -2.63. The van der Waals surface area contributed by atoms with Gasteiger partial charge < -0.3 is 15.9 Å². The van der Waals surface area contributed by atoms with Crippen molar-refractivity contribution in [2.24, 2.45) is 45.3 Å². The van der Waals surface area contributed by atoms with E-state index >= 15 is 0 Å². The molecule has 0 bridgehead atoms. The van der Waals surface area contributed by atoms with Crippen molar-refractivity contribution in [3.05, 3.63) is 11.6 Å². The number of hydrogen-bond acceptors (Lipinski definition) is 4. The first-order valence-corrected chi connectivity index (χ1v) is 11.8. The van der Waals surface area contributed by atoms with Gasteiger partial charge in [0.25, 0.3) is 0 Å². The minimum Gasteiger partial charge on any atom is -0.393 e. The summed E-state index contributed by atoms with van der Waals surface area (Å²) >= 11 is 0. The summed E-state index contributed by atoms with van der Waals surface area (Å²) in [5.41, 5.74) is 8.36. The van der Waals surface area contributed by atoms with Crippen LogP contribution < -0.4 is 11.2 Å². The van der Waals surface area contributed by atoms with Crippen LogP contribution in [0.25, 0.3) is 0 Å². The molecular weight excluding hydrogens is 376 g/mol.